The highest BCUT2D eigenvalue weighted by atomic mass is 16.5. The number of nitrogen functional groups attached to an aromatic ring is 1. The molecule has 0 spiro atoms. The van der Waals surface area contributed by atoms with Crippen LogP contribution in [0.5, 0.6) is 5.75 Å². The minimum atomic E-state index is 0.838. The summed E-state index contributed by atoms with van der Waals surface area (Å²) < 4.78 is 8.73. The number of para-hydroxylation sites is 1. The lowest BCUT2D eigenvalue weighted by atomic mass is 9.62. The monoisotopic (exact) mass is 822 g/mol. The van der Waals surface area contributed by atoms with Crippen LogP contribution in [0.3, 0.4) is 0 Å². The Kier molecular flexibility index (Phi) is 10.9. The van der Waals surface area contributed by atoms with E-state index in [1.54, 1.807) is 7.11 Å². The van der Waals surface area contributed by atoms with E-state index in [9.17, 15) is 0 Å². The predicted octanol–water partition coefficient (Wildman–Crippen LogP) is -0.178. The van der Waals surface area contributed by atoms with Crippen LogP contribution in [-0.2, 0) is 6.42 Å². The number of hydrogen-bond donors (Lipinski definition) is 1. The fraction of sp³-hybridized carbons (Fsp3) is 0.111. The number of nitrogens with two attached hydrogens (primary N) is 1. The number of rotatable bonds is 7. The van der Waals surface area contributed by atoms with Gasteiger partial charge >= 0.3 is 0 Å². The van der Waals surface area contributed by atoms with Gasteiger partial charge in [0.15, 0.2) is 0 Å². The van der Waals surface area contributed by atoms with Crippen LogP contribution in [0.1, 0.15) is 40.3 Å². The third-order valence-corrected chi connectivity index (χ3v) is 14.9. The second kappa shape index (κ2) is 16.3. The van der Waals surface area contributed by atoms with Gasteiger partial charge in [0.1, 0.15) is 60.7 Å². The average Bonchev–Trinajstić information content (AvgIpc) is 3.59. The van der Waals surface area contributed by atoms with Crippen molar-refractivity contribution in [1.29, 1.82) is 0 Å². The number of aryl methyl sites for hydroxylation is 2. The van der Waals surface area contributed by atoms with Crippen LogP contribution in [0.2, 0.25) is 0 Å². The van der Waals surface area contributed by atoms with Crippen molar-refractivity contribution in [3.8, 4) is 55.9 Å². The topological polar surface area (TPSA) is 40.2 Å². The number of aromatic nitrogens is 1. The Balaban J connectivity index is 1.23. The number of nitrogens with zero attached hydrogens (tertiary/aromatic N) is 1. The van der Waals surface area contributed by atoms with Gasteiger partial charge in [-0.1, -0.05) is 125 Å². The summed E-state index contributed by atoms with van der Waals surface area (Å²) in [5.41, 5.74) is 37.0. The summed E-state index contributed by atoms with van der Waals surface area (Å²) in [5, 5.41) is 3.31. The Morgan fingerprint density at radius 1 is 0.594 bits per heavy atom. The molecule has 2 bridgehead atoms. The zero-order valence-electron chi connectivity index (χ0n) is 39.7. The van der Waals surface area contributed by atoms with Gasteiger partial charge in [-0.05, 0) is 124 Å². The number of ether oxygens (including phenoxy) is 1. The summed E-state index contributed by atoms with van der Waals surface area (Å²) in [5.74, 6) is 0.845. The maximum absolute atomic E-state index is 6.50. The molecule has 1 aliphatic heterocycles. The van der Waals surface area contributed by atoms with Gasteiger partial charge in [0, 0.05) is 32.8 Å². The van der Waals surface area contributed by atoms with Gasteiger partial charge in [-0.25, -0.2) is 0 Å². The van der Waals surface area contributed by atoms with Gasteiger partial charge in [0.25, 0.3) is 0 Å². The van der Waals surface area contributed by atoms with E-state index in [0.717, 1.165) is 56.2 Å². The maximum atomic E-state index is 6.50. The van der Waals surface area contributed by atoms with Crippen molar-refractivity contribution >= 4 is 128 Å². The van der Waals surface area contributed by atoms with Crippen LogP contribution < -0.4 is 59.3 Å². The lowest BCUT2D eigenvalue weighted by molar-refractivity contribution is 0.416. The van der Waals surface area contributed by atoms with Crippen molar-refractivity contribution in [2.75, 3.05) is 12.8 Å². The molecule has 10 heteroatoms. The van der Waals surface area contributed by atoms with Gasteiger partial charge in [-0.3, -0.25) is 0 Å². The van der Waals surface area contributed by atoms with Crippen LogP contribution in [0.15, 0.2) is 103 Å². The Morgan fingerprint density at radius 3 is 1.98 bits per heavy atom. The fourth-order valence-electron chi connectivity index (χ4n) is 10.8. The number of fused-ring (bicyclic) bond motifs is 7. The van der Waals surface area contributed by atoms with E-state index in [-0.39, 0.29) is 0 Å². The molecule has 8 aromatic rings. The fourth-order valence-corrected chi connectivity index (χ4v) is 10.8. The lowest BCUT2D eigenvalue weighted by Crippen LogP contribution is -2.50. The summed E-state index contributed by atoms with van der Waals surface area (Å²) in [4.78, 5) is 0. The summed E-state index contributed by atoms with van der Waals surface area (Å²) in [7, 11) is 17.4. The van der Waals surface area contributed by atoms with E-state index in [4.69, 9.17) is 17.0 Å². The van der Waals surface area contributed by atoms with Crippen LogP contribution in [0, 0.1) is 20.8 Å². The first-order valence-corrected chi connectivity index (χ1v) is 22.7. The Labute approximate surface area is 385 Å². The number of methoxy groups -OCH3 is 1. The molecule has 2 heterocycles. The molecule has 306 valence electrons. The highest BCUT2D eigenvalue weighted by Crippen LogP contribution is 2.44. The Bertz CT molecular complexity index is 3430. The molecule has 0 saturated carbocycles. The number of hydrogen-bond acceptors (Lipinski definition) is 2. The summed E-state index contributed by atoms with van der Waals surface area (Å²) in [6.45, 7) is 13.8. The molecule has 0 radical (unpaired) electrons. The minimum absolute atomic E-state index is 0.838. The van der Waals surface area contributed by atoms with Crippen molar-refractivity contribution in [1.82, 2.24) is 4.57 Å². The highest BCUT2D eigenvalue weighted by Gasteiger charge is 2.24. The van der Waals surface area contributed by atoms with E-state index < -0.39 is 0 Å². The van der Waals surface area contributed by atoms with Crippen molar-refractivity contribution in [2.24, 2.45) is 0 Å². The minimum Gasteiger partial charge on any atom is -0.496 e. The lowest BCUT2D eigenvalue weighted by Gasteiger charge is -2.24. The van der Waals surface area contributed by atoms with Crippen LogP contribution in [-0.4, -0.2) is 66.6 Å². The molecule has 0 fully saturated rings. The average molecular weight is 822 g/mol. The molecule has 9 rings (SSSR count). The maximum Gasteiger partial charge on any atom is 0.141 e. The molecule has 0 aliphatic carbocycles. The summed E-state index contributed by atoms with van der Waals surface area (Å²) in [6.07, 6.45) is 5.48. The van der Waals surface area contributed by atoms with E-state index in [0.29, 0.717) is 0 Å². The molecule has 3 nitrogen and oxygen atoms in total. The summed E-state index contributed by atoms with van der Waals surface area (Å²) >= 11 is 0. The molecular weight excluding hydrogens is 768 g/mol. The molecule has 2 N–H and O–H groups in total. The predicted molar refractivity (Wildman–Crippen MR) is 300 cm³/mol. The van der Waals surface area contributed by atoms with Crippen molar-refractivity contribution < 1.29 is 4.74 Å². The first-order valence-electron chi connectivity index (χ1n) is 22.7. The molecule has 7 aromatic carbocycles. The first-order chi connectivity index (χ1) is 30.7. The first kappa shape index (κ1) is 42.9. The molecule has 64 heavy (non-hydrogen) atoms. The quantitative estimate of drug-likeness (QED) is 0.179. The van der Waals surface area contributed by atoms with Crippen molar-refractivity contribution in [2.45, 2.75) is 34.1 Å². The molecule has 0 amide bonds. The van der Waals surface area contributed by atoms with E-state index >= 15 is 0 Å². The summed E-state index contributed by atoms with van der Waals surface area (Å²) in [6, 6.07) is 35.9. The second-order valence-electron chi connectivity index (χ2n) is 18.1. The Hall–Kier alpha value is -6.39. The zero-order chi connectivity index (χ0) is 45.5. The van der Waals surface area contributed by atoms with Crippen LogP contribution in [0.25, 0.3) is 79.3 Å². The normalized spacial score (nSPS) is 13.4. The Morgan fingerprint density at radius 2 is 1.27 bits per heavy atom. The second-order valence-corrected chi connectivity index (χ2v) is 18.1. The van der Waals surface area contributed by atoms with Gasteiger partial charge in [0.2, 0.25) is 0 Å². The largest absolute Gasteiger partial charge is 0.496 e. The standard InChI is InChI=1S/C54H53B7N2O/c1-7-30-22-40(45(64-6)24-39(30)33-18-21-38(48-41(55)25-42(62)50(57)52(48)59)46(27(33)3)32-13-9-8-12-26(32)2)31-16-17-36-34-19-20-37(47-28(4)49(56)53(60)54(61)51(47)58)35-14-10-11-15-43(35)63(29(34)5)44(36)23-31/h8-25H,5,7,55-62H2,1-4,6H3/b34-19-,37-20+. The third-order valence-electron chi connectivity index (χ3n) is 14.9. The molecular formula is C54H53B7N2O. The van der Waals surface area contributed by atoms with Crippen molar-refractivity contribution in [3.05, 3.63) is 147 Å². The molecule has 0 saturated heterocycles. The SMILES string of the molecule is Bc1cc(N)c(B)c(B)c1-c1ccc(-c2cc(OC)c(-c3ccc4\c5c(=C)n(c4c3)-c3ccccc3/C(c3c(B)c(B)c(B)c(B)c3C)=C\C=5)cc2CC)c(C)c1-c1ccccc1C. The van der Waals surface area contributed by atoms with Gasteiger partial charge < -0.3 is 15.0 Å². The number of allylic oxidation sites excluding steroid dienone is 1. The van der Waals surface area contributed by atoms with Gasteiger partial charge in [-0.15, -0.1) is 10.9 Å². The van der Waals surface area contributed by atoms with Gasteiger partial charge in [0.05, 0.1) is 18.3 Å². The number of anilines is 1. The highest BCUT2D eigenvalue weighted by molar-refractivity contribution is 6.63. The zero-order valence-corrected chi connectivity index (χ0v) is 39.7. The van der Waals surface area contributed by atoms with E-state index in [1.165, 1.54) is 110 Å². The molecule has 1 aliphatic rings. The molecule has 0 unspecified atom stereocenters. The number of benzene rings is 7. The van der Waals surface area contributed by atoms with E-state index in [2.05, 4.69) is 196 Å². The van der Waals surface area contributed by atoms with Crippen LogP contribution in [0.4, 0.5) is 5.69 Å². The van der Waals surface area contributed by atoms with Crippen LogP contribution >= 0.6 is 0 Å². The van der Waals surface area contributed by atoms with E-state index in [1.807, 2.05) is 0 Å². The third kappa shape index (κ3) is 6.59. The smallest absolute Gasteiger partial charge is 0.141 e. The molecule has 1 aromatic heterocycles. The van der Waals surface area contributed by atoms with Crippen molar-refractivity contribution in [3.63, 3.8) is 0 Å². The molecule has 0 atom stereocenters. The van der Waals surface area contributed by atoms with Gasteiger partial charge in [-0.2, -0.15) is 0 Å².